The highest BCUT2D eigenvalue weighted by Gasteiger charge is 2.06. The third kappa shape index (κ3) is 6.09. The molecule has 0 aliphatic carbocycles. The minimum atomic E-state index is -0.119. The second-order valence-corrected chi connectivity index (χ2v) is 5.88. The lowest BCUT2D eigenvalue weighted by Gasteiger charge is -2.13. The Morgan fingerprint density at radius 2 is 1.95 bits per heavy atom. The first-order chi connectivity index (χ1) is 9.52. The van der Waals surface area contributed by atoms with Crippen molar-refractivity contribution >= 4 is 11.7 Å². The second kappa shape index (κ2) is 8.62. The van der Waals surface area contributed by atoms with E-state index in [4.69, 9.17) is 0 Å². The number of urea groups is 1. The fourth-order valence-electron chi connectivity index (χ4n) is 2.17. The molecule has 1 unspecified atom stereocenters. The van der Waals surface area contributed by atoms with Gasteiger partial charge in [0, 0.05) is 12.2 Å². The molecule has 1 atom stereocenters. The van der Waals surface area contributed by atoms with E-state index in [0.29, 0.717) is 11.8 Å². The molecule has 0 saturated heterocycles. The molecule has 0 spiro atoms. The number of carbonyl (C=O) groups excluding carboxylic acids is 1. The lowest BCUT2D eigenvalue weighted by Crippen LogP contribution is -2.30. The molecule has 3 nitrogen and oxygen atoms in total. The van der Waals surface area contributed by atoms with E-state index in [2.05, 4.69) is 50.5 Å². The Labute approximate surface area is 123 Å². The molecule has 2 N–H and O–H groups in total. The summed E-state index contributed by atoms with van der Waals surface area (Å²) in [5, 5.41) is 5.79. The Bertz CT molecular complexity index is 415. The summed E-state index contributed by atoms with van der Waals surface area (Å²) in [5.41, 5.74) is 2.15. The van der Waals surface area contributed by atoms with Gasteiger partial charge < -0.3 is 10.6 Å². The molecule has 1 aromatic rings. The molecule has 2 amide bonds. The van der Waals surface area contributed by atoms with Gasteiger partial charge in [-0.05, 0) is 42.4 Å². The van der Waals surface area contributed by atoms with Gasteiger partial charge in [-0.3, -0.25) is 0 Å². The van der Waals surface area contributed by atoms with Gasteiger partial charge in [0.2, 0.25) is 0 Å². The van der Waals surface area contributed by atoms with Crippen LogP contribution in [0.4, 0.5) is 10.5 Å². The summed E-state index contributed by atoms with van der Waals surface area (Å²) in [7, 11) is 0. The Morgan fingerprint density at radius 1 is 1.20 bits per heavy atom. The van der Waals surface area contributed by atoms with Gasteiger partial charge >= 0.3 is 6.03 Å². The SMILES string of the molecule is CCCC(C)c1cccc(NC(=O)NCCC(C)C)c1. The van der Waals surface area contributed by atoms with Crippen LogP contribution in [-0.4, -0.2) is 12.6 Å². The van der Waals surface area contributed by atoms with E-state index in [1.54, 1.807) is 0 Å². The maximum absolute atomic E-state index is 11.8. The average Bonchev–Trinajstić information content (AvgIpc) is 2.38. The van der Waals surface area contributed by atoms with Crippen molar-refractivity contribution in [2.45, 2.75) is 52.9 Å². The first-order valence-electron chi connectivity index (χ1n) is 7.67. The summed E-state index contributed by atoms with van der Waals surface area (Å²) in [6, 6.07) is 8.02. The van der Waals surface area contributed by atoms with Gasteiger partial charge in [-0.2, -0.15) is 0 Å². The maximum Gasteiger partial charge on any atom is 0.319 e. The van der Waals surface area contributed by atoms with Crippen molar-refractivity contribution in [1.82, 2.24) is 5.32 Å². The van der Waals surface area contributed by atoms with Crippen LogP contribution in [0.25, 0.3) is 0 Å². The molecule has 1 aromatic carbocycles. The van der Waals surface area contributed by atoms with E-state index in [1.165, 1.54) is 18.4 Å². The molecule has 0 aromatic heterocycles. The van der Waals surface area contributed by atoms with Crippen LogP contribution in [-0.2, 0) is 0 Å². The van der Waals surface area contributed by atoms with Gasteiger partial charge in [-0.1, -0.05) is 46.2 Å². The van der Waals surface area contributed by atoms with Crippen molar-refractivity contribution < 1.29 is 4.79 Å². The van der Waals surface area contributed by atoms with Crippen molar-refractivity contribution in [1.29, 1.82) is 0 Å². The standard InChI is InChI=1S/C17H28N2O/c1-5-7-14(4)15-8-6-9-16(12-15)19-17(20)18-11-10-13(2)3/h6,8-9,12-14H,5,7,10-11H2,1-4H3,(H2,18,19,20). The molecular formula is C17H28N2O. The monoisotopic (exact) mass is 276 g/mol. The molecule has 0 aliphatic heterocycles. The van der Waals surface area contributed by atoms with Crippen LogP contribution in [0.3, 0.4) is 0 Å². The fourth-order valence-corrected chi connectivity index (χ4v) is 2.17. The third-order valence-corrected chi connectivity index (χ3v) is 3.44. The van der Waals surface area contributed by atoms with Crippen LogP contribution in [0.1, 0.15) is 58.4 Å². The average molecular weight is 276 g/mol. The summed E-state index contributed by atoms with van der Waals surface area (Å²) in [6.45, 7) is 9.44. The molecule has 0 radical (unpaired) electrons. The fraction of sp³-hybridized carbons (Fsp3) is 0.588. The van der Waals surface area contributed by atoms with Gasteiger partial charge in [-0.25, -0.2) is 4.79 Å². The molecule has 0 saturated carbocycles. The molecule has 1 rings (SSSR count). The summed E-state index contributed by atoms with van der Waals surface area (Å²) in [6.07, 6.45) is 3.35. The molecule has 3 heteroatoms. The Morgan fingerprint density at radius 3 is 2.60 bits per heavy atom. The number of amides is 2. The van der Waals surface area contributed by atoms with Crippen molar-refractivity contribution in [2.75, 3.05) is 11.9 Å². The van der Waals surface area contributed by atoms with E-state index in [1.807, 2.05) is 12.1 Å². The van der Waals surface area contributed by atoms with E-state index in [0.717, 1.165) is 18.7 Å². The number of hydrogen-bond acceptors (Lipinski definition) is 1. The third-order valence-electron chi connectivity index (χ3n) is 3.44. The molecule has 0 aliphatic rings. The largest absolute Gasteiger partial charge is 0.338 e. The van der Waals surface area contributed by atoms with E-state index in [-0.39, 0.29) is 6.03 Å². The van der Waals surface area contributed by atoms with Crippen LogP contribution >= 0.6 is 0 Å². The maximum atomic E-state index is 11.8. The van der Waals surface area contributed by atoms with Gasteiger partial charge in [0.1, 0.15) is 0 Å². The van der Waals surface area contributed by atoms with Crippen molar-refractivity contribution in [2.24, 2.45) is 5.92 Å². The Kier molecular flexibility index (Phi) is 7.13. The highest BCUT2D eigenvalue weighted by Crippen LogP contribution is 2.23. The summed E-state index contributed by atoms with van der Waals surface area (Å²) in [5.74, 6) is 1.14. The number of rotatable bonds is 7. The van der Waals surface area contributed by atoms with Crippen LogP contribution in [0.5, 0.6) is 0 Å². The van der Waals surface area contributed by atoms with Gasteiger partial charge in [0.15, 0.2) is 0 Å². The zero-order valence-corrected chi connectivity index (χ0v) is 13.2. The van der Waals surface area contributed by atoms with Crippen molar-refractivity contribution in [3.8, 4) is 0 Å². The topological polar surface area (TPSA) is 41.1 Å². The van der Waals surface area contributed by atoms with Gasteiger partial charge in [-0.15, -0.1) is 0 Å². The van der Waals surface area contributed by atoms with E-state index < -0.39 is 0 Å². The lowest BCUT2D eigenvalue weighted by atomic mass is 9.96. The minimum absolute atomic E-state index is 0.119. The predicted molar refractivity (Wildman–Crippen MR) is 86.2 cm³/mol. The predicted octanol–water partition coefficient (Wildman–Crippen LogP) is 4.76. The van der Waals surface area contributed by atoms with Crippen LogP contribution in [0, 0.1) is 5.92 Å². The molecule has 0 heterocycles. The Balaban J connectivity index is 2.51. The molecule has 20 heavy (non-hydrogen) atoms. The van der Waals surface area contributed by atoms with E-state index in [9.17, 15) is 4.79 Å². The zero-order chi connectivity index (χ0) is 15.0. The van der Waals surface area contributed by atoms with E-state index >= 15 is 0 Å². The van der Waals surface area contributed by atoms with Gasteiger partial charge in [0.25, 0.3) is 0 Å². The van der Waals surface area contributed by atoms with Crippen LogP contribution < -0.4 is 10.6 Å². The number of benzene rings is 1. The quantitative estimate of drug-likeness (QED) is 0.740. The lowest BCUT2D eigenvalue weighted by molar-refractivity contribution is 0.251. The molecule has 112 valence electrons. The highest BCUT2D eigenvalue weighted by molar-refractivity contribution is 5.89. The number of nitrogens with one attached hydrogen (secondary N) is 2. The Hall–Kier alpha value is -1.51. The first-order valence-corrected chi connectivity index (χ1v) is 7.67. The number of carbonyl (C=O) groups is 1. The second-order valence-electron chi connectivity index (χ2n) is 5.88. The van der Waals surface area contributed by atoms with Crippen molar-refractivity contribution in [3.63, 3.8) is 0 Å². The van der Waals surface area contributed by atoms with Crippen LogP contribution in [0.15, 0.2) is 24.3 Å². The summed E-state index contributed by atoms with van der Waals surface area (Å²) < 4.78 is 0. The first kappa shape index (κ1) is 16.5. The van der Waals surface area contributed by atoms with Crippen LogP contribution in [0.2, 0.25) is 0 Å². The highest BCUT2D eigenvalue weighted by atomic mass is 16.2. The van der Waals surface area contributed by atoms with Crippen molar-refractivity contribution in [3.05, 3.63) is 29.8 Å². The molecule has 0 fully saturated rings. The molecular weight excluding hydrogens is 248 g/mol. The van der Waals surface area contributed by atoms with Gasteiger partial charge in [0.05, 0.1) is 0 Å². The summed E-state index contributed by atoms with van der Waals surface area (Å²) >= 11 is 0. The minimum Gasteiger partial charge on any atom is -0.338 e. The number of anilines is 1. The number of hydrogen-bond donors (Lipinski definition) is 2. The normalized spacial score (nSPS) is 12.2. The zero-order valence-electron chi connectivity index (χ0n) is 13.2. The summed E-state index contributed by atoms with van der Waals surface area (Å²) in [4.78, 5) is 11.8. The molecule has 0 bridgehead atoms. The smallest absolute Gasteiger partial charge is 0.319 e.